The van der Waals surface area contributed by atoms with Gasteiger partial charge in [-0.05, 0) is 31.4 Å². The van der Waals surface area contributed by atoms with E-state index in [9.17, 15) is 9.00 Å². The molecule has 1 aliphatic carbocycles. The fraction of sp³-hybridized carbons (Fsp3) is 0.300. The second-order valence-corrected chi connectivity index (χ2v) is 9.64. The van der Waals surface area contributed by atoms with Gasteiger partial charge in [-0.1, -0.05) is 30.7 Å². The van der Waals surface area contributed by atoms with Gasteiger partial charge in [-0.2, -0.15) is 0 Å². The van der Waals surface area contributed by atoms with E-state index < -0.39 is 11.0 Å². The number of aromatic nitrogens is 3. The number of nitrogens with one attached hydrogen (secondary N) is 2. The van der Waals surface area contributed by atoms with Crippen LogP contribution in [0, 0.1) is 0 Å². The second-order valence-electron chi connectivity index (χ2n) is 6.93. The zero-order chi connectivity index (χ0) is 21.1. The van der Waals surface area contributed by atoms with Crippen LogP contribution in [0.1, 0.15) is 37.8 Å². The molecule has 1 aromatic carbocycles. The fourth-order valence-corrected chi connectivity index (χ4v) is 5.05. The van der Waals surface area contributed by atoms with Crippen molar-refractivity contribution in [3.8, 4) is 11.3 Å². The van der Waals surface area contributed by atoms with Crippen molar-refractivity contribution in [3.63, 3.8) is 0 Å². The Morgan fingerprint density at radius 1 is 1.27 bits per heavy atom. The minimum Gasteiger partial charge on any atom is -0.326 e. The molecule has 0 saturated heterocycles. The Morgan fingerprint density at radius 3 is 2.70 bits per heavy atom. The van der Waals surface area contributed by atoms with Crippen LogP contribution < -0.4 is 10.0 Å². The molecule has 2 heterocycles. The number of nitrogens with zero attached hydrogens (tertiary/aromatic N) is 3. The lowest BCUT2D eigenvalue weighted by molar-refractivity contribution is -0.117. The summed E-state index contributed by atoms with van der Waals surface area (Å²) in [6.07, 6.45) is 5.70. The van der Waals surface area contributed by atoms with E-state index in [2.05, 4.69) is 25.0 Å². The SMILES string of the molecule is CCC(C(=O)Nc1ccc(-c2cncc(Cl)n2)cc1)c1csc(NS(=O)C2CC2)n1. The maximum Gasteiger partial charge on any atom is 0.233 e. The van der Waals surface area contributed by atoms with Crippen molar-refractivity contribution in [1.29, 1.82) is 0 Å². The molecule has 1 saturated carbocycles. The van der Waals surface area contributed by atoms with Crippen molar-refractivity contribution >= 4 is 50.6 Å². The largest absolute Gasteiger partial charge is 0.326 e. The maximum absolute atomic E-state index is 12.8. The molecular weight excluding hydrogens is 442 g/mol. The molecule has 30 heavy (non-hydrogen) atoms. The molecule has 2 unspecified atom stereocenters. The highest BCUT2D eigenvalue weighted by Crippen LogP contribution is 2.30. The third kappa shape index (κ3) is 5.03. The fourth-order valence-electron chi connectivity index (χ4n) is 2.91. The summed E-state index contributed by atoms with van der Waals surface area (Å²) in [5.41, 5.74) is 2.88. The number of amides is 1. The Labute approximate surface area is 185 Å². The lowest BCUT2D eigenvalue weighted by Crippen LogP contribution is -2.21. The van der Waals surface area contributed by atoms with E-state index >= 15 is 0 Å². The zero-order valence-corrected chi connectivity index (χ0v) is 18.6. The molecule has 1 fully saturated rings. The smallest absolute Gasteiger partial charge is 0.233 e. The van der Waals surface area contributed by atoms with Crippen LogP contribution in [0.15, 0.2) is 42.0 Å². The number of rotatable bonds is 8. The highest BCUT2D eigenvalue weighted by molar-refractivity contribution is 7.87. The first-order valence-corrected chi connectivity index (χ1v) is 12.0. The Balaban J connectivity index is 1.41. The van der Waals surface area contributed by atoms with Crippen LogP contribution in [0.4, 0.5) is 10.8 Å². The van der Waals surface area contributed by atoms with E-state index in [4.69, 9.17) is 11.6 Å². The zero-order valence-electron chi connectivity index (χ0n) is 16.2. The first kappa shape index (κ1) is 20.9. The van der Waals surface area contributed by atoms with E-state index in [-0.39, 0.29) is 17.1 Å². The van der Waals surface area contributed by atoms with Gasteiger partial charge in [0, 0.05) is 16.6 Å². The standard InChI is InChI=1S/C20H20ClN5O2S2/c1-2-15(17-11-29-20(25-17)26-30(28)14-7-8-14)19(27)23-13-5-3-12(4-6-13)16-9-22-10-18(21)24-16/h3-6,9-11,14-15H,2,7-8H2,1H3,(H,23,27)(H,25,26). The van der Waals surface area contributed by atoms with E-state index in [1.54, 1.807) is 6.20 Å². The number of hydrogen-bond donors (Lipinski definition) is 2. The van der Waals surface area contributed by atoms with Crippen molar-refractivity contribution in [1.82, 2.24) is 15.0 Å². The number of carbonyl (C=O) groups excluding carboxylic acids is 1. The summed E-state index contributed by atoms with van der Waals surface area (Å²) in [7, 11) is -1.10. The summed E-state index contributed by atoms with van der Waals surface area (Å²) in [6, 6.07) is 7.34. The number of halogens is 1. The van der Waals surface area contributed by atoms with Gasteiger partial charge in [0.25, 0.3) is 0 Å². The highest BCUT2D eigenvalue weighted by Gasteiger charge is 2.29. The number of anilines is 2. The number of hydrogen-bond acceptors (Lipinski definition) is 6. The minimum absolute atomic E-state index is 0.132. The molecule has 2 aromatic heterocycles. The summed E-state index contributed by atoms with van der Waals surface area (Å²) in [4.78, 5) is 25.6. The number of carbonyl (C=O) groups is 1. The molecular formula is C20H20ClN5O2S2. The summed E-state index contributed by atoms with van der Waals surface area (Å²) in [5.74, 6) is -0.516. The van der Waals surface area contributed by atoms with Gasteiger partial charge in [-0.3, -0.25) is 14.5 Å². The van der Waals surface area contributed by atoms with E-state index in [1.165, 1.54) is 17.5 Å². The molecule has 0 bridgehead atoms. The van der Waals surface area contributed by atoms with Gasteiger partial charge in [0.2, 0.25) is 5.91 Å². The van der Waals surface area contributed by atoms with Crippen molar-refractivity contribution in [2.24, 2.45) is 0 Å². The van der Waals surface area contributed by atoms with Crippen LogP contribution in [0.25, 0.3) is 11.3 Å². The maximum atomic E-state index is 12.8. The van der Waals surface area contributed by atoms with Crippen molar-refractivity contribution in [2.75, 3.05) is 10.0 Å². The normalized spacial score (nSPS) is 15.4. The molecule has 3 aromatic rings. The summed E-state index contributed by atoms with van der Waals surface area (Å²) < 4.78 is 15.0. The van der Waals surface area contributed by atoms with Crippen LogP contribution >= 0.6 is 22.9 Å². The summed E-state index contributed by atoms with van der Waals surface area (Å²) >= 11 is 7.27. The molecule has 0 spiro atoms. The molecule has 7 nitrogen and oxygen atoms in total. The molecule has 156 valence electrons. The molecule has 1 amide bonds. The van der Waals surface area contributed by atoms with Gasteiger partial charge in [-0.25, -0.2) is 14.2 Å². The second kappa shape index (κ2) is 9.20. The number of benzene rings is 1. The molecule has 4 rings (SSSR count). The average Bonchev–Trinajstić information content (AvgIpc) is 3.50. The summed E-state index contributed by atoms with van der Waals surface area (Å²) in [5, 5.41) is 5.94. The average molecular weight is 462 g/mol. The van der Waals surface area contributed by atoms with Crippen molar-refractivity contribution in [2.45, 2.75) is 37.4 Å². The Hall–Kier alpha value is -2.36. The quantitative estimate of drug-likeness (QED) is 0.510. The van der Waals surface area contributed by atoms with Crippen LogP contribution in [0.3, 0.4) is 0 Å². The van der Waals surface area contributed by atoms with Gasteiger partial charge in [0.1, 0.15) is 16.1 Å². The monoisotopic (exact) mass is 461 g/mol. The first-order chi connectivity index (χ1) is 14.5. The van der Waals surface area contributed by atoms with Gasteiger partial charge in [-0.15, -0.1) is 11.3 Å². The molecule has 2 N–H and O–H groups in total. The predicted octanol–water partition coefficient (Wildman–Crippen LogP) is 4.62. The van der Waals surface area contributed by atoms with Gasteiger partial charge in [0.15, 0.2) is 5.13 Å². The minimum atomic E-state index is -1.10. The lowest BCUT2D eigenvalue weighted by Gasteiger charge is -2.13. The van der Waals surface area contributed by atoms with Crippen molar-refractivity contribution in [3.05, 3.63) is 52.9 Å². The highest BCUT2D eigenvalue weighted by atomic mass is 35.5. The molecule has 0 aliphatic heterocycles. The summed E-state index contributed by atoms with van der Waals surface area (Å²) in [6.45, 7) is 1.94. The Bertz CT molecular complexity index is 1070. The topological polar surface area (TPSA) is 96.9 Å². The molecule has 2 atom stereocenters. The third-order valence-electron chi connectivity index (χ3n) is 4.67. The van der Waals surface area contributed by atoms with Gasteiger partial charge >= 0.3 is 0 Å². The molecule has 0 radical (unpaired) electrons. The predicted molar refractivity (Wildman–Crippen MR) is 121 cm³/mol. The molecule has 1 aliphatic rings. The van der Waals surface area contributed by atoms with Gasteiger partial charge in [0.05, 0.1) is 34.9 Å². The van der Waals surface area contributed by atoms with E-state index in [1.807, 2.05) is 36.6 Å². The first-order valence-electron chi connectivity index (χ1n) is 9.55. The lowest BCUT2D eigenvalue weighted by atomic mass is 10.0. The van der Waals surface area contributed by atoms with E-state index in [0.717, 1.165) is 18.4 Å². The van der Waals surface area contributed by atoms with E-state index in [0.29, 0.717) is 33.8 Å². The molecule has 10 heteroatoms. The van der Waals surface area contributed by atoms with Crippen LogP contribution in [0.5, 0.6) is 0 Å². The van der Waals surface area contributed by atoms with Crippen molar-refractivity contribution < 1.29 is 9.00 Å². The van der Waals surface area contributed by atoms with Gasteiger partial charge < -0.3 is 5.32 Å². The Kier molecular flexibility index (Phi) is 6.40. The van der Waals surface area contributed by atoms with Crippen LogP contribution in [0.2, 0.25) is 5.15 Å². The van der Waals surface area contributed by atoms with Crippen LogP contribution in [-0.2, 0) is 15.8 Å². The number of thiazole rings is 1. The Morgan fingerprint density at radius 2 is 2.03 bits per heavy atom. The third-order valence-corrected chi connectivity index (χ3v) is 7.23. The van der Waals surface area contributed by atoms with Crippen LogP contribution in [-0.4, -0.2) is 30.3 Å².